The lowest BCUT2D eigenvalue weighted by Crippen LogP contribution is -2.40. The van der Waals surface area contributed by atoms with E-state index in [1.54, 1.807) is 18.2 Å². The molecule has 0 unspecified atom stereocenters. The number of aromatic nitrogens is 1. The van der Waals surface area contributed by atoms with E-state index in [-0.39, 0.29) is 18.4 Å². The Hall–Kier alpha value is -2.34. The van der Waals surface area contributed by atoms with Gasteiger partial charge in [0.1, 0.15) is 5.82 Å². The number of piperidine rings is 1. The van der Waals surface area contributed by atoms with Crippen LogP contribution in [0.25, 0.3) is 10.9 Å². The topological polar surface area (TPSA) is 71.2 Å². The van der Waals surface area contributed by atoms with Gasteiger partial charge in [-0.15, -0.1) is 0 Å². The van der Waals surface area contributed by atoms with Gasteiger partial charge in [0.15, 0.2) is 0 Å². The third kappa shape index (κ3) is 4.69. The molecule has 5 nitrogen and oxygen atoms in total. The minimum Gasteiger partial charge on any atom is -0.356 e. The molecule has 156 valence electrons. The Morgan fingerprint density at radius 2 is 1.90 bits per heavy atom. The molecule has 1 aliphatic rings. The number of rotatable bonds is 4. The highest BCUT2D eigenvalue weighted by Gasteiger charge is 2.18. The van der Waals surface area contributed by atoms with Gasteiger partial charge >= 0.3 is 0 Å². The van der Waals surface area contributed by atoms with E-state index >= 15 is 0 Å². The molecular formula is C23H24Cl2N4O. The summed E-state index contributed by atoms with van der Waals surface area (Å²) in [5.41, 5.74) is 9.63. The largest absolute Gasteiger partial charge is 0.356 e. The number of benzene rings is 2. The zero-order valence-corrected chi connectivity index (χ0v) is 18.3. The summed E-state index contributed by atoms with van der Waals surface area (Å²) in [7, 11) is 0. The van der Waals surface area contributed by atoms with E-state index in [0.29, 0.717) is 10.0 Å². The first-order chi connectivity index (χ1) is 14.4. The van der Waals surface area contributed by atoms with Gasteiger partial charge in [0, 0.05) is 30.2 Å². The maximum Gasteiger partial charge on any atom is 0.228 e. The first-order valence-electron chi connectivity index (χ1n) is 10.0. The Balaban J connectivity index is 1.50. The van der Waals surface area contributed by atoms with Crippen molar-refractivity contribution in [2.24, 2.45) is 5.73 Å². The number of fused-ring (bicyclic) bond motifs is 1. The zero-order chi connectivity index (χ0) is 21.3. The molecule has 1 saturated heterocycles. The lowest BCUT2D eigenvalue weighted by molar-refractivity contribution is -0.115. The second-order valence-electron chi connectivity index (χ2n) is 7.83. The van der Waals surface area contributed by atoms with Gasteiger partial charge in [0.05, 0.1) is 22.0 Å². The monoisotopic (exact) mass is 442 g/mol. The van der Waals surface area contributed by atoms with Gasteiger partial charge < -0.3 is 16.0 Å². The van der Waals surface area contributed by atoms with Crippen LogP contribution in [0.1, 0.15) is 24.0 Å². The van der Waals surface area contributed by atoms with E-state index in [1.807, 2.05) is 18.2 Å². The highest BCUT2D eigenvalue weighted by atomic mass is 35.5. The molecule has 3 aromatic rings. The zero-order valence-electron chi connectivity index (χ0n) is 16.8. The Kier molecular flexibility index (Phi) is 6.14. The number of pyridine rings is 1. The molecule has 30 heavy (non-hydrogen) atoms. The number of halogens is 2. The van der Waals surface area contributed by atoms with Gasteiger partial charge in [-0.05, 0) is 67.3 Å². The smallest absolute Gasteiger partial charge is 0.228 e. The molecular weight excluding hydrogens is 419 g/mol. The lowest BCUT2D eigenvalue weighted by atomic mass is 10.1. The van der Waals surface area contributed by atoms with E-state index in [1.165, 1.54) is 0 Å². The van der Waals surface area contributed by atoms with Crippen molar-refractivity contribution in [1.82, 2.24) is 4.98 Å². The molecule has 0 aliphatic carbocycles. The summed E-state index contributed by atoms with van der Waals surface area (Å²) in [5, 5.41) is 4.91. The normalized spacial score (nSPS) is 14.9. The highest BCUT2D eigenvalue weighted by Crippen LogP contribution is 2.27. The van der Waals surface area contributed by atoms with Gasteiger partial charge in [-0.25, -0.2) is 4.98 Å². The predicted octanol–water partition coefficient (Wildman–Crippen LogP) is 4.96. The summed E-state index contributed by atoms with van der Waals surface area (Å²) in [6.07, 6.45) is 2.20. The summed E-state index contributed by atoms with van der Waals surface area (Å²) < 4.78 is 0. The maximum absolute atomic E-state index is 12.5. The quantitative estimate of drug-likeness (QED) is 0.598. The summed E-state index contributed by atoms with van der Waals surface area (Å²) in [6, 6.07) is 13.4. The molecule has 4 rings (SSSR count). The van der Waals surface area contributed by atoms with Crippen LogP contribution < -0.4 is 16.0 Å². The summed E-state index contributed by atoms with van der Waals surface area (Å²) in [6.45, 7) is 3.94. The standard InChI is InChI=1S/C23H24Cl2N4O/c1-14-10-22(29-8-6-16(26)7-9-29)28-21-5-3-17(13-18(14)21)27-23(30)12-15-2-4-19(24)20(25)11-15/h2-5,10-11,13,16H,6-9,12,26H2,1H3,(H,27,30). The van der Waals surface area contributed by atoms with Crippen LogP contribution >= 0.6 is 23.2 Å². The maximum atomic E-state index is 12.5. The van der Waals surface area contributed by atoms with Crippen LogP contribution in [0, 0.1) is 6.92 Å². The second-order valence-corrected chi connectivity index (χ2v) is 8.64. The number of amides is 1. The molecule has 0 atom stereocenters. The molecule has 1 aromatic heterocycles. The van der Waals surface area contributed by atoms with E-state index in [2.05, 4.69) is 23.2 Å². The molecule has 7 heteroatoms. The Morgan fingerprint density at radius 1 is 1.13 bits per heavy atom. The van der Waals surface area contributed by atoms with Crippen LogP contribution in [0.4, 0.5) is 11.5 Å². The molecule has 0 radical (unpaired) electrons. The number of nitrogens with one attached hydrogen (secondary N) is 1. The van der Waals surface area contributed by atoms with Gasteiger partial charge in [0.2, 0.25) is 5.91 Å². The van der Waals surface area contributed by atoms with Gasteiger partial charge in [-0.1, -0.05) is 29.3 Å². The summed E-state index contributed by atoms with van der Waals surface area (Å²) in [4.78, 5) is 19.6. The van der Waals surface area contributed by atoms with Crippen LogP contribution in [0.5, 0.6) is 0 Å². The lowest BCUT2D eigenvalue weighted by Gasteiger charge is -2.31. The molecule has 1 aliphatic heterocycles. The number of anilines is 2. The first-order valence-corrected chi connectivity index (χ1v) is 10.8. The van der Waals surface area contributed by atoms with E-state index in [0.717, 1.165) is 59.5 Å². The number of carbonyl (C=O) groups excluding carboxylic acids is 1. The van der Waals surface area contributed by atoms with Crippen LogP contribution in [0.15, 0.2) is 42.5 Å². The summed E-state index contributed by atoms with van der Waals surface area (Å²) in [5.74, 6) is 0.878. The average Bonchev–Trinajstić information content (AvgIpc) is 2.71. The Bertz CT molecular complexity index is 1090. The van der Waals surface area contributed by atoms with E-state index < -0.39 is 0 Å². The minimum absolute atomic E-state index is 0.111. The molecule has 0 bridgehead atoms. The number of hydrogen-bond donors (Lipinski definition) is 2. The number of carbonyl (C=O) groups is 1. The van der Waals surface area contributed by atoms with Crippen molar-refractivity contribution in [3.63, 3.8) is 0 Å². The predicted molar refractivity (Wildman–Crippen MR) is 125 cm³/mol. The Labute approximate surface area is 186 Å². The minimum atomic E-state index is -0.111. The fraction of sp³-hybridized carbons (Fsp3) is 0.304. The van der Waals surface area contributed by atoms with Gasteiger partial charge in [0.25, 0.3) is 0 Å². The molecule has 1 fully saturated rings. The fourth-order valence-electron chi connectivity index (χ4n) is 3.78. The molecule has 0 saturated carbocycles. The van der Waals surface area contributed by atoms with E-state index in [9.17, 15) is 4.79 Å². The number of aryl methyl sites for hydroxylation is 1. The number of hydrogen-bond acceptors (Lipinski definition) is 4. The van der Waals surface area contributed by atoms with Crippen LogP contribution in [-0.4, -0.2) is 30.0 Å². The SMILES string of the molecule is Cc1cc(N2CCC(N)CC2)nc2ccc(NC(=O)Cc3ccc(Cl)c(Cl)c3)cc12. The van der Waals surface area contributed by atoms with Crippen molar-refractivity contribution in [2.45, 2.75) is 32.2 Å². The fourth-order valence-corrected chi connectivity index (χ4v) is 4.11. The van der Waals surface area contributed by atoms with Crippen LogP contribution in [0.2, 0.25) is 10.0 Å². The van der Waals surface area contributed by atoms with Crippen molar-refractivity contribution in [3.8, 4) is 0 Å². The summed E-state index contributed by atoms with van der Waals surface area (Å²) >= 11 is 12.0. The first kappa shape index (κ1) is 20.9. The van der Waals surface area contributed by atoms with Crippen molar-refractivity contribution in [1.29, 1.82) is 0 Å². The van der Waals surface area contributed by atoms with Crippen molar-refractivity contribution in [3.05, 3.63) is 63.6 Å². The highest BCUT2D eigenvalue weighted by molar-refractivity contribution is 6.42. The number of nitrogens with two attached hydrogens (primary N) is 1. The van der Waals surface area contributed by atoms with Crippen LogP contribution in [0.3, 0.4) is 0 Å². The van der Waals surface area contributed by atoms with Gasteiger partial charge in [-0.2, -0.15) is 0 Å². The van der Waals surface area contributed by atoms with Crippen molar-refractivity contribution < 1.29 is 4.79 Å². The molecule has 2 heterocycles. The third-order valence-corrected chi connectivity index (χ3v) is 6.24. The van der Waals surface area contributed by atoms with E-state index in [4.69, 9.17) is 33.9 Å². The molecule has 1 amide bonds. The van der Waals surface area contributed by atoms with Crippen LogP contribution in [-0.2, 0) is 11.2 Å². The molecule has 3 N–H and O–H groups in total. The Morgan fingerprint density at radius 3 is 2.63 bits per heavy atom. The average molecular weight is 443 g/mol. The van der Waals surface area contributed by atoms with Crippen molar-refractivity contribution >= 4 is 51.5 Å². The third-order valence-electron chi connectivity index (χ3n) is 5.50. The van der Waals surface area contributed by atoms with Gasteiger partial charge in [-0.3, -0.25) is 4.79 Å². The molecule has 2 aromatic carbocycles. The molecule has 0 spiro atoms. The second kappa shape index (κ2) is 8.80. The number of nitrogens with zero attached hydrogens (tertiary/aromatic N) is 2. The van der Waals surface area contributed by atoms with Crippen molar-refractivity contribution in [2.75, 3.05) is 23.3 Å².